The minimum atomic E-state index is 0.567. The zero-order valence-electron chi connectivity index (χ0n) is 10.7. The molecule has 17 heavy (non-hydrogen) atoms. The summed E-state index contributed by atoms with van der Waals surface area (Å²) in [5.41, 5.74) is 6.44. The Morgan fingerprint density at radius 3 is 2.88 bits per heavy atom. The molecule has 0 saturated heterocycles. The summed E-state index contributed by atoms with van der Waals surface area (Å²) in [6.07, 6.45) is 3.71. The van der Waals surface area contributed by atoms with E-state index in [1.807, 2.05) is 13.1 Å². The molecule has 96 valence electrons. The van der Waals surface area contributed by atoms with E-state index in [4.69, 9.17) is 10.5 Å². The maximum atomic E-state index is 5.35. The van der Waals surface area contributed by atoms with Gasteiger partial charge in [-0.25, -0.2) is 9.97 Å². The summed E-state index contributed by atoms with van der Waals surface area (Å²) in [4.78, 5) is 10.6. The lowest BCUT2D eigenvalue weighted by molar-refractivity contribution is 0.148. The molecule has 1 aromatic heterocycles. The summed E-state index contributed by atoms with van der Waals surface area (Å²) < 4.78 is 5.34. The zero-order chi connectivity index (χ0) is 12.5. The van der Waals surface area contributed by atoms with Crippen molar-refractivity contribution in [3.63, 3.8) is 0 Å². The molecule has 0 aromatic carbocycles. The number of likely N-dealkylation sites (N-methyl/N-ethyl adjacent to an activating group) is 1. The Hall–Kier alpha value is -1.20. The van der Waals surface area contributed by atoms with E-state index >= 15 is 0 Å². The van der Waals surface area contributed by atoms with Crippen LogP contribution in [-0.4, -0.2) is 43.3 Å². The first-order chi connectivity index (χ1) is 8.27. The number of rotatable bonds is 8. The molecular weight excluding hydrogens is 216 g/mol. The molecular formula is C12H22N4O. The van der Waals surface area contributed by atoms with E-state index in [0.29, 0.717) is 19.8 Å². The predicted molar refractivity (Wildman–Crippen MR) is 69.2 cm³/mol. The van der Waals surface area contributed by atoms with E-state index in [2.05, 4.69) is 21.8 Å². The second-order valence-electron chi connectivity index (χ2n) is 3.94. The lowest BCUT2D eigenvalue weighted by Crippen LogP contribution is -2.24. The van der Waals surface area contributed by atoms with Gasteiger partial charge in [0.2, 0.25) is 0 Å². The van der Waals surface area contributed by atoms with Crippen LogP contribution in [0.4, 0.5) is 5.82 Å². The molecule has 5 heteroatoms. The minimum Gasteiger partial charge on any atom is -0.378 e. The first kappa shape index (κ1) is 13.9. The molecule has 0 radical (unpaired) electrons. The molecule has 0 amide bonds. The number of aromatic nitrogens is 2. The number of anilines is 1. The standard InChI is InChI=1S/C12H22N4O/c1-3-4-11-9-12(15-10-14-11)16(2)6-8-17-7-5-13/h9-10H,3-8,13H2,1-2H3. The van der Waals surface area contributed by atoms with Gasteiger partial charge in [-0.2, -0.15) is 0 Å². The van der Waals surface area contributed by atoms with Crippen molar-refractivity contribution in [1.29, 1.82) is 0 Å². The zero-order valence-corrected chi connectivity index (χ0v) is 10.7. The van der Waals surface area contributed by atoms with Gasteiger partial charge in [-0.15, -0.1) is 0 Å². The Balaban J connectivity index is 2.44. The van der Waals surface area contributed by atoms with Gasteiger partial charge in [0, 0.05) is 31.9 Å². The third-order valence-corrected chi connectivity index (χ3v) is 2.44. The van der Waals surface area contributed by atoms with Gasteiger partial charge >= 0.3 is 0 Å². The fourth-order valence-corrected chi connectivity index (χ4v) is 1.49. The highest BCUT2D eigenvalue weighted by molar-refractivity contribution is 5.37. The Bertz CT molecular complexity index is 319. The second-order valence-corrected chi connectivity index (χ2v) is 3.94. The topological polar surface area (TPSA) is 64.3 Å². The number of nitrogens with two attached hydrogens (primary N) is 1. The first-order valence-electron chi connectivity index (χ1n) is 6.07. The number of hydrogen-bond acceptors (Lipinski definition) is 5. The van der Waals surface area contributed by atoms with Crippen molar-refractivity contribution in [3.05, 3.63) is 18.1 Å². The summed E-state index contributed by atoms with van der Waals surface area (Å²) >= 11 is 0. The summed E-state index contributed by atoms with van der Waals surface area (Å²) in [7, 11) is 2.00. The third kappa shape index (κ3) is 5.10. The molecule has 0 atom stereocenters. The lowest BCUT2D eigenvalue weighted by atomic mass is 10.2. The van der Waals surface area contributed by atoms with E-state index in [1.165, 1.54) is 0 Å². The van der Waals surface area contributed by atoms with Crippen LogP contribution < -0.4 is 10.6 Å². The van der Waals surface area contributed by atoms with E-state index in [1.54, 1.807) is 6.33 Å². The average molecular weight is 238 g/mol. The summed E-state index contributed by atoms with van der Waals surface area (Å²) in [6, 6.07) is 2.03. The quantitative estimate of drug-likeness (QED) is 0.680. The second kappa shape index (κ2) is 7.97. The highest BCUT2D eigenvalue weighted by atomic mass is 16.5. The molecule has 1 aromatic rings. The van der Waals surface area contributed by atoms with Gasteiger partial charge in [0.25, 0.3) is 0 Å². The van der Waals surface area contributed by atoms with Gasteiger partial charge < -0.3 is 15.4 Å². The predicted octanol–water partition coefficient (Wildman–Crippen LogP) is 0.841. The Kier molecular flexibility index (Phi) is 6.50. The van der Waals surface area contributed by atoms with E-state index in [9.17, 15) is 0 Å². The Morgan fingerprint density at radius 1 is 1.35 bits per heavy atom. The van der Waals surface area contributed by atoms with Crippen LogP contribution in [0.1, 0.15) is 19.0 Å². The lowest BCUT2D eigenvalue weighted by Gasteiger charge is -2.18. The number of hydrogen-bond donors (Lipinski definition) is 1. The molecule has 0 aliphatic carbocycles. The van der Waals surface area contributed by atoms with Crippen molar-refractivity contribution in [2.75, 3.05) is 38.3 Å². The van der Waals surface area contributed by atoms with Crippen molar-refractivity contribution in [2.45, 2.75) is 19.8 Å². The van der Waals surface area contributed by atoms with E-state index in [0.717, 1.165) is 30.9 Å². The van der Waals surface area contributed by atoms with Gasteiger partial charge in [-0.1, -0.05) is 13.3 Å². The van der Waals surface area contributed by atoms with E-state index < -0.39 is 0 Å². The maximum absolute atomic E-state index is 5.35. The van der Waals surface area contributed by atoms with Gasteiger partial charge in [-0.3, -0.25) is 0 Å². The third-order valence-electron chi connectivity index (χ3n) is 2.44. The van der Waals surface area contributed by atoms with Crippen LogP contribution in [0.2, 0.25) is 0 Å². The molecule has 0 aliphatic heterocycles. The SMILES string of the molecule is CCCc1cc(N(C)CCOCCN)ncn1. The van der Waals surface area contributed by atoms with Crippen molar-refractivity contribution >= 4 is 5.82 Å². The molecule has 0 fully saturated rings. The molecule has 0 spiro atoms. The molecule has 0 bridgehead atoms. The van der Waals surface area contributed by atoms with Crippen LogP contribution in [0, 0.1) is 0 Å². The van der Waals surface area contributed by atoms with Crippen LogP contribution in [0.5, 0.6) is 0 Å². The number of ether oxygens (including phenoxy) is 1. The Labute approximate surface area is 103 Å². The highest BCUT2D eigenvalue weighted by Gasteiger charge is 2.03. The minimum absolute atomic E-state index is 0.567. The van der Waals surface area contributed by atoms with Crippen molar-refractivity contribution in [2.24, 2.45) is 5.73 Å². The van der Waals surface area contributed by atoms with Gasteiger partial charge in [0.05, 0.1) is 13.2 Å². The van der Waals surface area contributed by atoms with Crippen LogP contribution in [0.15, 0.2) is 12.4 Å². The normalized spacial score (nSPS) is 10.5. The largest absolute Gasteiger partial charge is 0.378 e. The van der Waals surface area contributed by atoms with Gasteiger partial charge in [0.15, 0.2) is 0 Å². The van der Waals surface area contributed by atoms with Crippen molar-refractivity contribution in [1.82, 2.24) is 9.97 Å². The fourth-order valence-electron chi connectivity index (χ4n) is 1.49. The molecule has 5 nitrogen and oxygen atoms in total. The molecule has 1 rings (SSSR count). The number of nitrogens with zero attached hydrogens (tertiary/aromatic N) is 3. The Morgan fingerprint density at radius 2 is 2.18 bits per heavy atom. The molecule has 0 unspecified atom stereocenters. The molecule has 1 heterocycles. The molecule has 0 saturated carbocycles. The smallest absolute Gasteiger partial charge is 0.132 e. The van der Waals surface area contributed by atoms with Crippen molar-refractivity contribution < 1.29 is 4.74 Å². The molecule has 0 aliphatic rings. The molecule has 2 N–H and O–H groups in total. The fraction of sp³-hybridized carbons (Fsp3) is 0.667. The van der Waals surface area contributed by atoms with Crippen LogP contribution in [-0.2, 0) is 11.2 Å². The van der Waals surface area contributed by atoms with Crippen LogP contribution >= 0.6 is 0 Å². The monoisotopic (exact) mass is 238 g/mol. The van der Waals surface area contributed by atoms with Crippen LogP contribution in [0.25, 0.3) is 0 Å². The summed E-state index contributed by atoms with van der Waals surface area (Å²) in [5.74, 6) is 0.944. The summed E-state index contributed by atoms with van der Waals surface area (Å²) in [6.45, 7) is 4.80. The van der Waals surface area contributed by atoms with Crippen LogP contribution in [0.3, 0.4) is 0 Å². The average Bonchev–Trinajstić information content (AvgIpc) is 2.35. The summed E-state index contributed by atoms with van der Waals surface area (Å²) in [5, 5.41) is 0. The highest BCUT2D eigenvalue weighted by Crippen LogP contribution is 2.09. The van der Waals surface area contributed by atoms with Crippen molar-refractivity contribution in [3.8, 4) is 0 Å². The maximum Gasteiger partial charge on any atom is 0.132 e. The number of aryl methyl sites for hydroxylation is 1. The van der Waals surface area contributed by atoms with E-state index in [-0.39, 0.29) is 0 Å². The van der Waals surface area contributed by atoms with Gasteiger partial charge in [-0.05, 0) is 6.42 Å². The first-order valence-corrected chi connectivity index (χ1v) is 6.07. The van der Waals surface area contributed by atoms with Gasteiger partial charge in [0.1, 0.15) is 12.1 Å².